The number of amides is 1. The van der Waals surface area contributed by atoms with E-state index in [1.165, 1.54) is 18.3 Å². The summed E-state index contributed by atoms with van der Waals surface area (Å²) in [5.41, 5.74) is 3.43. The largest absolute Gasteiger partial charge is 0.494 e. The zero-order chi connectivity index (χ0) is 26.8. The Morgan fingerprint density at radius 3 is 2.18 bits per heavy atom. The maximum atomic E-state index is 13.4. The van der Waals surface area contributed by atoms with E-state index < -0.39 is 22.5 Å². The van der Waals surface area contributed by atoms with Gasteiger partial charge in [-0.15, -0.1) is 0 Å². The minimum Gasteiger partial charge on any atom is -0.494 e. The lowest BCUT2D eigenvalue weighted by Gasteiger charge is -2.24. The van der Waals surface area contributed by atoms with Crippen LogP contribution in [0.2, 0.25) is 0 Å². The quantitative estimate of drug-likeness (QED) is 0.212. The highest BCUT2D eigenvalue weighted by Gasteiger charge is 2.27. The molecule has 4 aromatic carbocycles. The highest BCUT2D eigenvalue weighted by Crippen LogP contribution is 2.26. The molecule has 0 unspecified atom stereocenters. The zero-order valence-corrected chi connectivity index (χ0v) is 21.5. The number of ether oxygens (including phenoxy) is 2. The van der Waals surface area contributed by atoms with E-state index in [2.05, 4.69) is 10.5 Å². The predicted molar refractivity (Wildman–Crippen MR) is 147 cm³/mol. The predicted octanol–water partition coefficient (Wildman–Crippen LogP) is 5.22. The molecule has 0 bridgehead atoms. The number of nitrogens with zero attached hydrogens (tertiary/aromatic N) is 2. The number of carbonyl (C=O) groups is 1. The van der Waals surface area contributed by atoms with E-state index in [0.717, 1.165) is 4.31 Å². The van der Waals surface area contributed by atoms with Crippen molar-refractivity contribution in [3.05, 3.63) is 115 Å². The van der Waals surface area contributed by atoms with Crippen LogP contribution in [0, 0.1) is 0 Å². The maximum absolute atomic E-state index is 13.4. The van der Waals surface area contributed by atoms with Crippen LogP contribution < -0.4 is 19.2 Å². The third-order valence-electron chi connectivity index (χ3n) is 5.29. The van der Waals surface area contributed by atoms with Crippen molar-refractivity contribution in [3.63, 3.8) is 0 Å². The molecule has 0 radical (unpaired) electrons. The molecule has 1 amide bonds. The third kappa shape index (κ3) is 6.98. The molecule has 0 aliphatic heterocycles. The van der Waals surface area contributed by atoms with E-state index in [1.54, 1.807) is 54.6 Å². The van der Waals surface area contributed by atoms with E-state index in [1.807, 2.05) is 49.4 Å². The van der Waals surface area contributed by atoms with Crippen molar-refractivity contribution in [1.29, 1.82) is 0 Å². The zero-order valence-electron chi connectivity index (χ0n) is 20.7. The van der Waals surface area contributed by atoms with Crippen LogP contribution in [0.25, 0.3) is 0 Å². The molecule has 4 aromatic rings. The van der Waals surface area contributed by atoms with Crippen molar-refractivity contribution >= 4 is 27.8 Å². The first-order valence-electron chi connectivity index (χ1n) is 11.9. The number of nitrogens with one attached hydrogen (secondary N) is 1. The Balaban J connectivity index is 1.48. The van der Waals surface area contributed by atoms with E-state index >= 15 is 0 Å². The molecule has 0 saturated heterocycles. The summed E-state index contributed by atoms with van der Waals surface area (Å²) in [6.45, 7) is 1.87. The van der Waals surface area contributed by atoms with Crippen LogP contribution in [-0.2, 0) is 14.8 Å². The maximum Gasteiger partial charge on any atom is 0.264 e. The van der Waals surface area contributed by atoms with E-state index in [9.17, 15) is 13.2 Å². The van der Waals surface area contributed by atoms with Gasteiger partial charge >= 0.3 is 0 Å². The van der Waals surface area contributed by atoms with Gasteiger partial charge in [-0.1, -0.05) is 48.5 Å². The molecular weight excluding hydrogens is 502 g/mol. The van der Waals surface area contributed by atoms with Crippen LogP contribution >= 0.6 is 0 Å². The Kier molecular flexibility index (Phi) is 8.73. The first-order valence-corrected chi connectivity index (χ1v) is 13.4. The van der Waals surface area contributed by atoms with E-state index in [4.69, 9.17) is 9.47 Å². The average Bonchev–Trinajstić information content (AvgIpc) is 2.94. The molecule has 38 heavy (non-hydrogen) atoms. The Morgan fingerprint density at radius 2 is 1.50 bits per heavy atom. The van der Waals surface area contributed by atoms with Crippen LogP contribution in [0.15, 0.2) is 119 Å². The van der Waals surface area contributed by atoms with Crippen molar-refractivity contribution in [2.24, 2.45) is 5.10 Å². The number of carbonyl (C=O) groups excluding carboxylic acids is 1. The van der Waals surface area contributed by atoms with Crippen LogP contribution in [-0.4, -0.2) is 33.7 Å². The molecule has 0 spiro atoms. The first-order chi connectivity index (χ1) is 18.5. The van der Waals surface area contributed by atoms with Crippen molar-refractivity contribution in [2.75, 3.05) is 17.5 Å². The first kappa shape index (κ1) is 26.4. The topological polar surface area (TPSA) is 97.3 Å². The third-order valence-corrected chi connectivity index (χ3v) is 7.08. The molecule has 9 heteroatoms. The van der Waals surface area contributed by atoms with Gasteiger partial charge < -0.3 is 9.47 Å². The fourth-order valence-corrected chi connectivity index (χ4v) is 4.98. The van der Waals surface area contributed by atoms with Gasteiger partial charge in [-0.05, 0) is 73.2 Å². The Bertz CT molecular complexity index is 1480. The normalized spacial score (nSPS) is 11.2. The minimum absolute atomic E-state index is 0.0698. The van der Waals surface area contributed by atoms with Gasteiger partial charge in [0.2, 0.25) is 0 Å². The summed E-state index contributed by atoms with van der Waals surface area (Å²) < 4.78 is 39.2. The van der Waals surface area contributed by atoms with E-state index in [-0.39, 0.29) is 4.90 Å². The van der Waals surface area contributed by atoms with Crippen LogP contribution in [0.5, 0.6) is 17.2 Å². The molecule has 0 fully saturated rings. The fraction of sp³-hybridized carbons (Fsp3) is 0.103. The van der Waals surface area contributed by atoms with Crippen molar-refractivity contribution in [2.45, 2.75) is 11.8 Å². The SMILES string of the molecule is CCOc1ccc(N(CC(=O)NN=Cc2cccc(Oc3ccccc3)c2)S(=O)(=O)c2ccccc2)cc1. The summed E-state index contributed by atoms with van der Waals surface area (Å²) in [7, 11) is -4.02. The monoisotopic (exact) mass is 529 g/mol. The van der Waals surface area contributed by atoms with Crippen molar-refractivity contribution in [3.8, 4) is 17.2 Å². The Labute approximate surface area is 222 Å². The highest BCUT2D eigenvalue weighted by atomic mass is 32.2. The summed E-state index contributed by atoms with van der Waals surface area (Å²) in [6.07, 6.45) is 1.46. The molecule has 0 heterocycles. The van der Waals surface area contributed by atoms with Gasteiger partial charge in [-0.2, -0.15) is 5.10 Å². The molecule has 0 aliphatic rings. The van der Waals surface area contributed by atoms with Crippen LogP contribution in [0.4, 0.5) is 5.69 Å². The number of sulfonamides is 1. The number of benzene rings is 4. The lowest BCUT2D eigenvalue weighted by molar-refractivity contribution is -0.119. The number of hydrazone groups is 1. The van der Waals surface area contributed by atoms with Gasteiger partial charge in [-0.3, -0.25) is 9.10 Å². The molecule has 4 rings (SSSR count). The second-order valence-electron chi connectivity index (χ2n) is 8.03. The number of hydrogen-bond donors (Lipinski definition) is 1. The molecule has 0 aliphatic carbocycles. The molecule has 194 valence electrons. The van der Waals surface area contributed by atoms with Gasteiger partial charge in [0.25, 0.3) is 15.9 Å². The summed E-state index contributed by atoms with van der Waals surface area (Å²) in [5, 5.41) is 4.01. The van der Waals surface area contributed by atoms with E-state index in [0.29, 0.717) is 35.1 Å². The standard InChI is InChI=1S/C29H27N3O5S/c1-2-36-25-18-16-24(17-19-25)32(38(34,35)28-14-7-4-8-15-28)22-29(33)31-30-21-23-10-9-13-27(20-23)37-26-11-5-3-6-12-26/h3-21H,2,22H2,1H3,(H,31,33). The number of hydrogen-bond acceptors (Lipinski definition) is 6. The highest BCUT2D eigenvalue weighted by molar-refractivity contribution is 7.92. The van der Waals surface area contributed by atoms with Gasteiger partial charge in [0.15, 0.2) is 0 Å². The Morgan fingerprint density at radius 1 is 0.842 bits per heavy atom. The average molecular weight is 530 g/mol. The number of rotatable bonds is 11. The molecule has 1 N–H and O–H groups in total. The molecule has 8 nitrogen and oxygen atoms in total. The number of para-hydroxylation sites is 1. The van der Waals surface area contributed by atoms with Crippen LogP contribution in [0.1, 0.15) is 12.5 Å². The fourth-order valence-electron chi connectivity index (χ4n) is 3.54. The molecule has 0 atom stereocenters. The van der Waals surface area contributed by atoms with Crippen LogP contribution in [0.3, 0.4) is 0 Å². The molecule has 0 saturated carbocycles. The number of anilines is 1. The lowest BCUT2D eigenvalue weighted by atomic mass is 10.2. The summed E-state index contributed by atoms with van der Waals surface area (Å²) >= 11 is 0. The lowest BCUT2D eigenvalue weighted by Crippen LogP contribution is -2.39. The summed E-state index contributed by atoms with van der Waals surface area (Å²) in [5.74, 6) is 1.30. The van der Waals surface area contributed by atoms with Gasteiger partial charge in [-0.25, -0.2) is 13.8 Å². The van der Waals surface area contributed by atoms with Gasteiger partial charge in [0, 0.05) is 0 Å². The van der Waals surface area contributed by atoms with Gasteiger partial charge in [0.05, 0.1) is 23.4 Å². The van der Waals surface area contributed by atoms with Gasteiger partial charge in [0.1, 0.15) is 23.8 Å². The second-order valence-corrected chi connectivity index (χ2v) is 9.89. The molecular formula is C29H27N3O5S. The Hall–Kier alpha value is -4.63. The summed E-state index contributed by atoms with van der Waals surface area (Å²) in [4.78, 5) is 12.9. The minimum atomic E-state index is -4.02. The van der Waals surface area contributed by atoms with Crippen molar-refractivity contribution < 1.29 is 22.7 Å². The summed E-state index contributed by atoms with van der Waals surface area (Å²) in [6, 6.07) is 31.0. The smallest absolute Gasteiger partial charge is 0.264 e. The van der Waals surface area contributed by atoms with Crippen molar-refractivity contribution in [1.82, 2.24) is 5.43 Å². The molecule has 0 aromatic heterocycles. The second kappa shape index (κ2) is 12.6.